The van der Waals surface area contributed by atoms with Crippen molar-refractivity contribution < 1.29 is 19.1 Å². The molecule has 130 valence electrons. The van der Waals surface area contributed by atoms with Gasteiger partial charge in [0, 0.05) is 11.0 Å². The molecule has 1 heterocycles. The molecule has 2 N–H and O–H groups in total. The number of amides is 2. The summed E-state index contributed by atoms with van der Waals surface area (Å²) in [6.07, 6.45) is 0. The molecule has 0 spiro atoms. The molecule has 3 rings (SSSR count). The lowest BCUT2D eigenvalue weighted by atomic mass is 10.1. The SMILES string of the molecule is COc1ccc(OC)c(NC(=O)C2(C)Sc3ccccc3NC2=O)c1. The van der Waals surface area contributed by atoms with E-state index in [2.05, 4.69) is 10.6 Å². The molecule has 0 aromatic heterocycles. The third-order valence-corrected chi connectivity index (χ3v) is 5.33. The van der Waals surface area contributed by atoms with E-state index in [4.69, 9.17) is 9.47 Å². The highest BCUT2D eigenvalue weighted by atomic mass is 32.2. The Balaban J connectivity index is 1.90. The summed E-state index contributed by atoms with van der Waals surface area (Å²) in [5.41, 5.74) is 1.15. The van der Waals surface area contributed by atoms with Crippen LogP contribution in [0.2, 0.25) is 0 Å². The minimum Gasteiger partial charge on any atom is -0.497 e. The van der Waals surface area contributed by atoms with E-state index in [0.717, 1.165) is 4.90 Å². The third-order valence-electron chi connectivity index (χ3n) is 3.97. The van der Waals surface area contributed by atoms with Gasteiger partial charge < -0.3 is 20.1 Å². The van der Waals surface area contributed by atoms with Crippen LogP contribution in [-0.2, 0) is 9.59 Å². The van der Waals surface area contributed by atoms with Crippen molar-refractivity contribution in [1.29, 1.82) is 0 Å². The van der Waals surface area contributed by atoms with E-state index in [9.17, 15) is 9.59 Å². The molecule has 0 fully saturated rings. The molecule has 0 saturated carbocycles. The van der Waals surface area contributed by atoms with Crippen molar-refractivity contribution in [2.75, 3.05) is 24.9 Å². The highest BCUT2D eigenvalue weighted by Crippen LogP contribution is 2.43. The fourth-order valence-corrected chi connectivity index (χ4v) is 3.57. The van der Waals surface area contributed by atoms with E-state index >= 15 is 0 Å². The second-order valence-corrected chi connectivity index (χ2v) is 7.07. The zero-order valence-electron chi connectivity index (χ0n) is 14.1. The Bertz CT molecular complexity index is 840. The summed E-state index contributed by atoms with van der Waals surface area (Å²) in [6.45, 7) is 1.60. The molecule has 0 radical (unpaired) electrons. The fourth-order valence-electron chi connectivity index (χ4n) is 2.47. The maximum atomic E-state index is 12.9. The lowest BCUT2D eigenvalue weighted by molar-refractivity contribution is -0.126. The molecule has 2 amide bonds. The lowest BCUT2D eigenvalue weighted by Gasteiger charge is -2.32. The van der Waals surface area contributed by atoms with Crippen LogP contribution in [0.4, 0.5) is 11.4 Å². The van der Waals surface area contributed by atoms with Crippen LogP contribution >= 0.6 is 11.8 Å². The first-order chi connectivity index (χ1) is 12.0. The van der Waals surface area contributed by atoms with Crippen LogP contribution in [0.15, 0.2) is 47.4 Å². The first-order valence-electron chi connectivity index (χ1n) is 7.61. The van der Waals surface area contributed by atoms with Gasteiger partial charge in [-0.1, -0.05) is 23.9 Å². The number of hydrogen-bond donors (Lipinski definition) is 2. The van der Waals surface area contributed by atoms with Gasteiger partial charge >= 0.3 is 0 Å². The molecule has 1 aliphatic rings. The van der Waals surface area contributed by atoms with Crippen molar-refractivity contribution in [2.45, 2.75) is 16.6 Å². The van der Waals surface area contributed by atoms with Crippen LogP contribution in [0.5, 0.6) is 11.5 Å². The van der Waals surface area contributed by atoms with E-state index < -0.39 is 10.7 Å². The number of anilines is 2. The van der Waals surface area contributed by atoms with Crippen molar-refractivity contribution in [2.24, 2.45) is 0 Å². The number of ether oxygens (including phenoxy) is 2. The molecule has 7 heteroatoms. The Hall–Kier alpha value is -2.67. The van der Waals surface area contributed by atoms with Gasteiger partial charge in [0.2, 0.25) is 11.8 Å². The lowest BCUT2D eigenvalue weighted by Crippen LogP contribution is -2.49. The topological polar surface area (TPSA) is 76.7 Å². The Labute approximate surface area is 149 Å². The maximum Gasteiger partial charge on any atom is 0.250 e. The predicted octanol–water partition coefficient (Wildman–Crippen LogP) is 3.15. The number of carbonyl (C=O) groups is 2. The smallest absolute Gasteiger partial charge is 0.250 e. The largest absolute Gasteiger partial charge is 0.497 e. The van der Waals surface area contributed by atoms with Crippen molar-refractivity contribution >= 4 is 35.0 Å². The van der Waals surface area contributed by atoms with Gasteiger partial charge in [0.05, 0.1) is 25.6 Å². The molecule has 2 aromatic carbocycles. The van der Waals surface area contributed by atoms with Crippen LogP contribution in [0, 0.1) is 0 Å². The summed E-state index contributed by atoms with van der Waals surface area (Å²) < 4.78 is 9.15. The van der Waals surface area contributed by atoms with Crippen molar-refractivity contribution in [1.82, 2.24) is 0 Å². The van der Waals surface area contributed by atoms with E-state index in [1.54, 1.807) is 25.1 Å². The summed E-state index contributed by atoms with van der Waals surface area (Å²) in [5, 5.41) is 5.57. The van der Waals surface area contributed by atoms with Crippen LogP contribution in [0.25, 0.3) is 0 Å². The average Bonchev–Trinajstić information content (AvgIpc) is 2.62. The summed E-state index contributed by atoms with van der Waals surface area (Å²) in [5.74, 6) is 0.262. The van der Waals surface area contributed by atoms with Crippen LogP contribution in [0.1, 0.15) is 6.92 Å². The maximum absolute atomic E-state index is 12.9. The summed E-state index contributed by atoms with van der Waals surface area (Å²) >= 11 is 1.22. The molecule has 0 saturated heterocycles. The minimum atomic E-state index is -1.30. The number of para-hydroxylation sites is 1. The monoisotopic (exact) mass is 358 g/mol. The van der Waals surface area contributed by atoms with Crippen molar-refractivity contribution in [3.63, 3.8) is 0 Å². The second-order valence-electron chi connectivity index (χ2n) is 5.61. The molecule has 1 aliphatic heterocycles. The van der Waals surface area contributed by atoms with Crippen LogP contribution in [-0.4, -0.2) is 30.8 Å². The summed E-state index contributed by atoms with van der Waals surface area (Å²) in [4.78, 5) is 26.3. The van der Waals surface area contributed by atoms with Gasteiger partial charge in [-0.2, -0.15) is 0 Å². The van der Waals surface area contributed by atoms with Gasteiger partial charge in [0.15, 0.2) is 4.75 Å². The zero-order chi connectivity index (χ0) is 18.0. The molecular weight excluding hydrogens is 340 g/mol. The fraction of sp³-hybridized carbons (Fsp3) is 0.222. The Morgan fingerprint density at radius 3 is 2.64 bits per heavy atom. The highest BCUT2D eigenvalue weighted by molar-refractivity contribution is 8.02. The number of carbonyl (C=O) groups excluding carboxylic acids is 2. The van der Waals surface area contributed by atoms with Crippen molar-refractivity contribution in [3.05, 3.63) is 42.5 Å². The number of thioether (sulfide) groups is 1. The Morgan fingerprint density at radius 2 is 1.92 bits per heavy atom. The van der Waals surface area contributed by atoms with Crippen molar-refractivity contribution in [3.8, 4) is 11.5 Å². The van der Waals surface area contributed by atoms with Gasteiger partial charge in [-0.15, -0.1) is 0 Å². The average molecular weight is 358 g/mol. The molecule has 6 nitrogen and oxygen atoms in total. The van der Waals surface area contributed by atoms with Crippen LogP contribution in [0.3, 0.4) is 0 Å². The first kappa shape index (κ1) is 17.2. The quantitative estimate of drug-likeness (QED) is 0.821. The van der Waals surface area contributed by atoms with E-state index in [1.807, 2.05) is 24.3 Å². The molecule has 0 bridgehead atoms. The van der Waals surface area contributed by atoms with E-state index in [1.165, 1.54) is 26.0 Å². The number of hydrogen-bond acceptors (Lipinski definition) is 5. The minimum absolute atomic E-state index is 0.365. The molecule has 1 unspecified atom stereocenters. The van der Waals surface area contributed by atoms with Gasteiger partial charge in [-0.3, -0.25) is 9.59 Å². The Kier molecular flexibility index (Phi) is 4.59. The van der Waals surface area contributed by atoms with Gasteiger partial charge in [0.1, 0.15) is 11.5 Å². The number of nitrogens with one attached hydrogen (secondary N) is 2. The number of fused-ring (bicyclic) bond motifs is 1. The molecule has 2 aromatic rings. The van der Waals surface area contributed by atoms with Gasteiger partial charge in [0.25, 0.3) is 0 Å². The number of benzene rings is 2. The zero-order valence-corrected chi connectivity index (χ0v) is 14.9. The first-order valence-corrected chi connectivity index (χ1v) is 8.42. The summed E-state index contributed by atoms with van der Waals surface area (Å²) in [6, 6.07) is 12.5. The molecule has 1 atom stereocenters. The molecular formula is C18H18N2O4S. The second kappa shape index (κ2) is 6.68. The summed E-state index contributed by atoms with van der Waals surface area (Å²) in [7, 11) is 3.05. The molecule has 0 aliphatic carbocycles. The van der Waals surface area contributed by atoms with E-state index in [-0.39, 0.29) is 5.91 Å². The molecule has 25 heavy (non-hydrogen) atoms. The van der Waals surface area contributed by atoms with Gasteiger partial charge in [-0.05, 0) is 31.2 Å². The van der Waals surface area contributed by atoms with E-state index in [0.29, 0.717) is 22.9 Å². The highest BCUT2D eigenvalue weighted by Gasteiger charge is 2.46. The third kappa shape index (κ3) is 3.15. The predicted molar refractivity (Wildman–Crippen MR) is 97.5 cm³/mol. The normalized spacial score (nSPS) is 18.8. The number of rotatable bonds is 4. The number of methoxy groups -OCH3 is 2. The van der Waals surface area contributed by atoms with Crippen LogP contribution < -0.4 is 20.1 Å². The Morgan fingerprint density at radius 1 is 1.16 bits per heavy atom. The van der Waals surface area contributed by atoms with Gasteiger partial charge in [-0.25, -0.2) is 0 Å². The standard InChI is InChI=1S/C18H18N2O4S/c1-18(16(21)19-12-6-4-5-7-15(12)25-18)17(22)20-13-10-11(23-2)8-9-14(13)24-3/h4-10H,1-3H3,(H,19,21)(H,20,22).